The zero-order chi connectivity index (χ0) is 27.9. The van der Waals surface area contributed by atoms with E-state index in [1.807, 2.05) is 24.3 Å². The molecule has 2 aromatic carbocycles. The van der Waals surface area contributed by atoms with Crippen molar-refractivity contribution in [1.29, 1.82) is 5.41 Å². The minimum Gasteiger partial charge on any atom is -0.491 e. The summed E-state index contributed by atoms with van der Waals surface area (Å²) in [5.41, 5.74) is 14.3. The number of pyridine rings is 1. The van der Waals surface area contributed by atoms with Gasteiger partial charge in [-0.1, -0.05) is 6.07 Å². The SMILES string of the molecule is Cc1c(C(=O)N2CCOc3ccc(-c4ccc(N)nc4)cc3C2)ccc(SCCNC(=O)/C(C=N)=C/N)c1F. The van der Waals surface area contributed by atoms with Crippen molar-refractivity contribution in [3.63, 3.8) is 0 Å². The summed E-state index contributed by atoms with van der Waals surface area (Å²) < 4.78 is 21.1. The van der Waals surface area contributed by atoms with E-state index in [9.17, 15) is 9.59 Å². The van der Waals surface area contributed by atoms with Crippen LogP contribution in [0.1, 0.15) is 21.5 Å². The average Bonchev–Trinajstić information content (AvgIpc) is 3.16. The Morgan fingerprint density at radius 2 is 2.03 bits per heavy atom. The molecule has 0 radical (unpaired) electrons. The first-order chi connectivity index (χ1) is 18.8. The molecule has 2 heterocycles. The highest BCUT2D eigenvalue weighted by molar-refractivity contribution is 7.99. The van der Waals surface area contributed by atoms with Gasteiger partial charge in [-0.25, -0.2) is 9.37 Å². The zero-order valence-corrected chi connectivity index (χ0v) is 22.2. The molecule has 0 saturated heterocycles. The number of nitrogens with two attached hydrogens (primary N) is 2. The van der Waals surface area contributed by atoms with Gasteiger partial charge in [0.15, 0.2) is 0 Å². The van der Waals surface area contributed by atoms with Gasteiger partial charge in [-0.05, 0) is 54.4 Å². The Hall–Kier alpha value is -4.38. The van der Waals surface area contributed by atoms with Crippen LogP contribution in [0.15, 0.2) is 65.3 Å². The standard InChI is InChI=1S/C28H29FN6O3S/c1-17-22(4-6-24(26(17)29)39-11-8-33-27(36)21(13-30)14-31)28(37)35-9-10-38-23-5-2-18(12-20(23)16-35)19-3-7-25(32)34-15-19/h2-7,12-15,30H,8-11,16,31H2,1H3,(H2,32,34)(H,33,36)/b21-14+,30-13?. The van der Waals surface area contributed by atoms with E-state index in [0.717, 1.165) is 29.1 Å². The summed E-state index contributed by atoms with van der Waals surface area (Å²) in [6.07, 6.45) is 3.62. The molecule has 0 aliphatic carbocycles. The molecular formula is C28H29FN6O3S. The molecule has 0 saturated carbocycles. The van der Waals surface area contributed by atoms with Crippen LogP contribution in [-0.4, -0.2) is 53.4 Å². The van der Waals surface area contributed by atoms with Gasteiger partial charge < -0.3 is 31.8 Å². The van der Waals surface area contributed by atoms with Gasteiger partial charge in [-0.15, -0.1) is 11.8 Å². The van der Waals surface area contributed by atoms with E-state index in [2.05, 4.69) is 10.3 Å². The highest BCUT2D eigenvalue weighted by atomic mass is 32.2. The lowest BCUT2D eigenvalue weighted by molar-refractivity contribution is -0.116. The topological polar surface area (TPSA) is 147 Å². The zero-order valence-electron chi connectivity index (χ0n) is 21.4. The van der Waals surface area contributed by atoms with Crippen molar-refractivity contribution >= 4 is 35.6 Å². The highest BCUT2D eigenvalue weighted by Crippen LogP contribution is 2.31. The van der Waals surface area contributed by atoms with Crippen LogP contribution in [0.4, 0.5) is 10.2 Å². The van der Waals surface area contributed by atoms with Crippen molar-refractivity contribution in [3.05, 3.63) is 82.9 Å². The van der Waals surface area contributed by atoms with Gasteiger partial charge in [-0.3, -0.25) is 9.59 Å². The van der Waals surface area contributed by atoms with Crippen LogP contribution in [0, 0.1) is 18.2 Å². The highest BCUT2D eigenvalue weighted by Gasteiger charge is 2.24. The van der Waals surface area contributed by atoms with Crippen LogP contribution in [0.3, 0.4) is 0 Å². The first-order valence-corrected chi connectivity index (χ1v) is 13.2. The minimum absolute atomic E-state index is 0.0462. The van der Waals surface area contributed by atoms with Crippen LogP contribution >= 0.6 is 11.8 Å². The van der Waals surface area contributed by atoms with Gasteiger partial charge in [0, 0.05) is 59.0 Å². The largest absolute Gasteiger partial charge is 0.491 e. The molecule has 1 aliphatic heterocycles. The maximum absolute atomic E-state index is 15.2. The number of nitrogens with one attached hydrogen (secondary N) is 2. The molecule has 39 heavy (non-hydrogen) atoms. The second kappa shape index (κ2) is 12.4. The van der Waals surface area contributed by atoms with E-state index < -0.39 is 11.7 Å². The van der Waals surface area contributed by atoms with Gasteiger partial charge in [-0.2, -0.15) is 0 Å². The van der Waals surface area contributed by atoms with E-state index in [1.54, 1.807) is 36.2 Å². The number of rotatable bonds is 8. The fourth-order valence-corrected chi connectivity index (χ4v) is 4.98. The second-order valence-electron chi connectivity index (χ2n) is 8.79. The van der Waals surface area contributed by atoms with Crippen molar-refractivity contribution in [3.8, 4) is 16.9 Å². The third-order valence-electron chi connectivity index (χ3n) is 6.27. The van der Waals surface area contributed by atoms with Crippen LogP contribution in [0.2, 0.25) is 0 Å². The van der Waals surface area contributed by atoms with Crippen molar-refractivity contribution < 1.29 is 18.7 Å². The number of carbonyl (C=O) groups excluding carboxylic acids is 2. The van der Waals surface area contributed by atoms with Crippen LogP contribution in [0.5, 0.6) is 5.75 Å². The summed E-state index contributed by atoms with van der Waals surface area (Å²) in [6.45, 7) is 2.84. The Balaban J connectivity index is 1.45. The molecule has 0 atom stereocenters. The number of ether oxygens (including phenoxy) is 1. The fraction of sp³-hybridized carbons (Fsp3) is 0.214. The molecule has 4 rings (SSSR count). The number of amides is 2. The van der Waals surface area contributed by atoms with Gasteiger partial charge in [0.1, 0.15) is 24.0 Å². The molecule has 1 aliphatic rings. The Labute approximate surface area is 229 Å². The normalized spacial score (nSPS) is 13.2. The minimum atomic E-state index is -0.469. The third-order valence-corrected chi connectivity index (χ3v) is 7.31. The third kappa shape index (κ3) is 6.37. The number of anilines is 1. The molecule has 202 valence electrons. The Morgan fingerprint density at radius 3 is 2.74 bits per heavy atom. The first kappa shape index (κ1) is 27.6. The van der Waals surface area contributed by atoms with Crippen LogP contribution < -0.4 is 21.5 Å². The maximum Gasteiger partial charge on any atom is 0.254 e. The molecule has 11 heteroatoms. The van der Waals surface area contributed by atoms with Crippen molar-refractivity contribution in [2.45, 2.75) is 18.4 Å². The van der Waals surface area contributed by atoms with Crippen LogP contribution in [0.25, 0.3) is 11.1 Å². The molecule has 0 unspecified atom stereocenters. The van der Waals surface area contributed by atoms with E-state index >= 15 is 4.39 Å². The lowest BCUT2D eigenvalue weighted by Crippen LogP contribution is -2.33. The lowest BCUT2D eigenvalue weighted by Gasteiger charge is -2.21. The molecule has 0 bridgehead atoms. The van der Waals surface area contributed by atoms with Gasteiger partial charge in [0.25, 0.3) is 11.8 Å². The number of nitrogens with zero attached hydrogens (tertiary/aromatic N) is 2. The molecular weight excluding hydrogens is 519 g/mol. The van der Waals surface area contributed by atoms with Gasteiger partial charge in [0.2, 0.25) is 0 Å². The van der Waals surface area contributed by atoms with Crippen molar-refractivity contribution in [1.82, 2.24) is 15.2 Å². The van der Waals surface area contributed by atoms with E-state index in [4.69, 9.17) is 21.6 Å². The van der Waals surface area contributed by atoms with Gasteiger partial charge in [0.05, 0.1) is 12.1 Å². The number of fused-ring (bicyclic) bond motifs is 1. The first-order valence-electron chi connectivity index (χ1n) is 12.2. The Morgan fingerprint density at radius 1 is 1.23 bits per heavy atom. The second-order valence-corrected chi connectivity index (χ2v) is 9.93. The number of hydrogen-bond donors (Lipinski definition) is 4. The number of benzene rings is 2. The Kier molecular flexibility index (Phi) is 8.82. The fourth-order valence-electron chi connectivity index (χ4n) is 4.11. The monoisotopic (exact) mass is 548 g/mol. The number of carbonyl (C=O) groups is 2. The predicted molar refractivity (Wildman–Crippen MR) is 150 cm³/mol. The lowest BCUT2D eigenvalue weighted by atomic mass is 10.0. The summed E-state index contributed by atoms with van der Waals surface area (Å²) in [6, 6.07) is 12.6. The van der Waals surface area contributed by atoms with Crippen molar-refractivity contribution in [2.75, 3.05) is 31.2 Å². The number of hydrogen-bond acceptors (Lipinski definition) is 8. The van der Waals surface area contributed by atoms with E-state index in [1.165, 1.54) is 11.8 Å². The van der Waals surface area contributed by atoms with E-state index in [0.29, 0.717) is 41.9 Å². The maximum atomic E-state index is 15.2. The smallest absolute Gasteiger partial charge is 0.254 e. The summed E-state index contributed by atoms with van der Waals surface area (Å²) in [4.78, 5) is 31.5. The summed E-state index contributed by atoms with van der Waals surface area (Å²) >= 11 is 1.23. The number of thioether (sulfide) groups is 1. The molecule has 2 amide bonds. The summed E-state index contributed by atoms with van der Waals surface area (Å²) in [5.74, 6) is 0.324. The van der Waals surface area contributed by atoms with Crippen molar-refractivity contribution in [2.24, 2.45) is 5.73 Å². The average molecular weight is 549 g/mol. The molecule has 0 fully saturated rings. The number of halogens is 1. The molecule has 9 nitrogen and oxygen atoms in total. The quantitative estimate of drug-likeness (QED) is 0.146. The molecule has 1 aromatic heterocycles. The summed E-state index contributed by atoms with van der Waals surface area (Å²) in [5, 5.41) is 9.78. The molecule has 6 N–H and O–H groups in total. The number of nitrogen functional groups attached to an aromatic ring is 1. The summed E-state index contributed by atoms with van der Waals surface area (Å²) in [7, 11) is 0. The van der Waals surface area contributed by atoms with Crippen LogP contribution in [-0.2, 0) is 11.3 Å². The molecule has 3 aromatic rings. The Bertz CT molecular complexity index is 1430. The number of aromatic nitrogens is 1. The predicted octanol–water partition coefficient (Wildman–Crippen LogP) is 3.51. The van der Waals surface area contributed by atoms with E-state index in [-0.39, 0.29) is 29.2 Å². The van der Waals surface area contributed by atoms with Gasteiger partial charge >= 0.3 is 0 Å². The molecule has 0 spiro atoms.